The third-order valence-electron chi connectivity index (χ3n) is 3.37. The fourth-order valence-corrected chi connectivity index (χ4v) is 1.91. The smallest absolute Gasteiger partial charge is 0.191 e. The minimum Gasteiger partial charge on any atom is -0.489 e. The van der Waals surface area contributed by atoms with Crippen LogP contribution in [0.15, 0.2) is 23.2 Å². The van der Waals surface area contributed by atoms with Gasteiger partial charge in [-0.1, -0.05) is 0 Å². The van der Waals surface area contributed by atoms with Gasteiger partial charge in [0.25, 0.3) is 0 Å². The number of guanidine groups is 1. The molecule has 0 aliphatic carbocycles. The molecule has 1 heterocycles. The highest BCUT2D eigenvalue weighted by molar-refractivity contribution is 5.79. The number of nitrogens with one attached hydrogen (secondary N) is 2. The first-order valence-electron chi connectivity index (χ1n) is 7.38. The molecule has 0 radical (unpaired) electrons. The van der Waals surface area contributed by atoms with Crippen LogP contribution in [0.3, 0.4) is 0 Å². The molecular formula is C15H20F2N6O. The first-order valence-corrected chi connectivity index (χ1v) is 7.38. The minimum atomic E-state index is -0.727. The number of aryl methyl sites for hydroxylation is 1. The second kappa shape index (κ2) is 8.23. The van der Waals surface area contributed by atoms with E-state index < -0.39 is 11.6 Å². The maximum atomic E-state index is 13.4. The molecule has 130 valence electrons. The summed E-state index contributed by atoms with van der Waals surface area (Å²) in [6.45, 7) is 2.93. The Balaban J connectivity index is 1.74. The predicted molar refractivity (Wildman–Crippen MR) is 85.8 cm³/mol. The van der Waals surface area contributed by atoms with Gasteiger partial charge in [0.1, 0.15) is 18.2 Å². The van der Waals surface area contributed by atoms with Gasteiger partial charge in [-0.05, 0) is 19.1 Å². The van der Waals surface area contributed by atoms with Gasteiger partial charge in [-0.3, -0.25) is 4.99 Å². The number of halogens is 2. The van der Waals surface area contributed by atoms with Gasteiger partial charge in [-0.2, -0.15) is 0 Å². The third kappa shape index (κ3) is 4.64. The molecule has 0 saturated heterocycles. The van der Waals surface area contributed by atoms with E-state index in [4.69, 9.17) is 4.74 Å². The molecule has 1 aromatic heterocycles. The fraction of sp³-hybridized carbons (Fsp3) is 0.400. The summed E-state index contributed by atoms with van der Waals surface area (Å²) >= 11 is 0. The van der Waals surface area contributed by atoms with Gasteiger partial charge in [-0.15, -0.1) is 10.2 Å². The lowest BCUT2D eigenvalue weighted by Crippen LogP contribution is -2.39. The average molecular weight is 338 g/mol. The van der Waals surface area contributed by atoms with Crippen molar-refractivity contribution in [3.63, 3.8) is 0 Å². The van der Waals surface area contributed by atoms with Crippen LogP contribution in [-0.2, 0) is 13.6 Å². The third-order valence-corrected chi connectivity index (χ3v) is 3.37. The number of ether oxygens (including phenoxy) is 1. The van der Waals surface area contributed by atoms with Crippen LogP contribution in [0.5, 0.6) is 5.75 Å². The number of benzene rings is 1. The van der Waals surface area contributed by atoms with Crippen LogP contribution in [0, 0.1) is 18.6 Å². The monoisotopic (exact) mass is 338 g/mol. The van der Waals surface area contributed by atoms with Gasteiger partial charge in [0.2, 0.25) is 0 Å². The standard InChI is InChI=1S/C15H20F2N6O/c1-10-21-22-14(23(10)3)9-20-15(18-2)19-6-7-24-13-5-4-11(16)8-12(13)17/h4-5,8H,6-7,9H2,1-3H3,(H2,18,19,20). The van der Waals surface area contributed by atoms with Crippen LogP contribution in [0.4, 0.5) is 8.78 Å². The molecule has 7 nitrogen and oxygen atoms in total. The number of nitrogens with zero attached hydrogens (tertiary/aromatic N) is 4. The number of rotatable bonds is 6. The molecule has 0 amide bonds. The van der Waals surface area contributed by atoms with E-state index in [1.54, 1.807) is 7.05 Å². The topological polar surface area (TPSA) is 76.4 Å². The zero-order valence-corrected chi connectivity index (χ0v) is 13.8. The molecule has 0 spiro atoms. The molecule has 0 saturated carbocycles. The summed E-state index contributed by atoms with van der Waals surface area (Å²) in [5, 5.41) is 14.1. The largest absolute Gasteiger partial charge is 0.489 e. The van der Waals surface area contributed by atoms with Crippen molar-refractivity contribution in [2.75, 3.05) is 20.2 Å². The van der Waals surface area contributed by atoms with Crippen LogP contribution in [0.2, 0.25) is 0 Å². The molecule has 2 N–H and O–H groups in total. The molecule has 0 unspecified atom stereocenters. The van der Waals surface area contributed by atoms with Crippen molar-refractivity contribution in [2.45, 2.75) is 13.5 Å². The van der Waals surface area contributed by atoms with Crippen molar-refractivity contribution in [3.8, 4) is 5.75 Å². The summed E-state index contributed by atoms with van der Waals surface area (Å²) in [5.74, 6) is 0.802. The predicted octanol–water partition coefficient (Wildman–Crippen LogP) is 1.15. The second-order valence-corrected chi connectivity index (χ2v) is 5.00. The van der Waals surface area contributed by atoms with Crippen molar-refractivity contribution < 1.29 is 13.5 Å². The van der Waals surface area contributed by atoms with Crippen molar-refractivity contribution in [1.82, 2.24) is 25.4 Å². The summed E-state index contributed by atoms with van der Waals surface area (Å²) in [7, 11) is 3.52. The average Bonchev–Trinajstić information content (AvgIpc) is 2.87. The lowest BCUT2D eigenvalue weighted by Gasteiger charge is -2.12. The first kappa shape index (κ1) is 17.6. The first-order chi connectivity index (χ1) is 11.5. The zero-order valence-electron chi connectivity index (χ0n) is 13.8. The van der Waals surface area contributed by atoms with Gasteiger partial charge >= 0.3 is 0 Å². The molecule has 2 aromatic rings. The number of aromatic nitrogens is 3. The van der Waals surface area contributed by atoms with Gasteiger partial charge < -0.3 is 19.9 Å². The Kier molecular flexibility index (Phi) is 6.05. The zero-order chi connectivity index (χ0) is 17.5. The Morgan fingerprint density at radius 1 is 1.29 bits per heavy atom. The molecule has 0 fully saturated rings. The molecule has 0 aliphatic rings. The van der Waals surface area contributed by atoms with E-state index in [2.05, 4.69) is 25.8 Å². The van der Waals surface area contributed by atoms with E-state index in [1.165, 1.54) is 6.07 Å². The Bertz CT molecular complexity index is 716. The fourth-order valence-electron chi connectivity index (χ4n) is 1.91. The highest BCUT2D eigenvalue weighted by atomic mass is 19.1. The molecule has 2 rings (SSSR count). The highest BCUT2D eigenvalue weighted by Crippen LogP contribution is 2.17. The Morgan fingerprint density at radius 3 is 2.71 bits per heavy atom. The lowest BCUT2D eigenvalue weighted by atomic mass is 10.3. The summed E-state index contributed by atoms with van der Waals surface area (Å²) in [5.41, 5.74) is 0. The minimum absolute atomic E-state index is 0.00991. The van der Waals surface area contributed by atoms with Crippen molar-refractivity contribution >= 4 is 5.96 Å². The maximum Gasteiger partial charge on any atom is 0.191 e. The van der Waals surface area contributed by atoms with Gasteiger partial charge in [0, 0.05) is 20.2 Å². The van der Waals surface area contributed by atoms with Gasteiger partial charge in [0.15, 0.2) is 23.4 Å². The second-order valence-electron chi connectivity index (χ2n) is 5.00. The summed E-state index contributed by atoms with van der Waals surface area (Å²) in [4.78, 5) is 4.07. The number of aliphatic imine (C=N–C) groups is 1. The van der Waals surface area contributed by atoms with E-state index in [9.17, 15) is 8.78 Å². The summed E-state index contributed by atoms with van der Waals surface area (Å²) in [6.07, 6.45) is 0. The van der Waals surface area contributed by atoms with Crippen LogP contribution < -0.4 is 15.4 Å². The maximum absolute atomic E-state index is 13.4. The van der Waals surface area contributed by atoms with E-state index >= 15 is 0 Å². The normalized spacial score (nSPS) is 11.5. The molecule has 0 bridgehead atoms. The van der Waals surface area contributed by atoms with Crippen LogP contribution in [0.25, 0.3) is 0 Å². The van der Waals surface area contributed by atoms with E-state index in [0.717, 1.165) is 23.8 Å². The van der Waals surface area contributed by atoms with Crippen molar-refractivity contribution in [3.05, 3.63) is 41.5 Å². The van der Waals surface area contributed by atoms with Crippen LogP contribution >= 0.6 is 0 Å². The Hall–Kier alpha value is -2.71. The van der Waals surface area contributed by atoms with Crippen LogP contribution in [-0.4, -0.2) is 40.9 Å². The van der Waals surface area contributed by atoms with Gasteiger partial charge in [-0.25, -0.2) is 8.78 Å². The lowest BCUT2D eigenvalue weighted by molar-refractivity contribution is 0.304. The Labute approximate surface area is 138 Å². The molecule has 0 atom stereocenters. The SMILES string of the molecule is CN=C(NCCOc1ccc(F)cc1F)NCc1nnc(C)n1C. The van der Waals surface area contributed by atoms with Crippen molar-refractivity contribution in [2.24, 2.45) is 12.0 Å². The number of hydrogen-bond acceptors (Lipinski definition) is 4. The van der Waals surface area contributed by atoms with Gasteiger partial charge in [0.05, 0.1) is 13.1 Å². The molecule has 0 aliphatic heterocycles. The molecule has 24 heavy (non-hydrogen) atoms. The van der Waals surface area contributed by atoms with E-state index in [0.29, 0.717) is 19.0 Å². The molecule has 1 aromatic carbocycles. The summed E-state index contributed by atoms with van der Waals surface area (Å²) in [6, 6.07) is 3.19. The Morgan fingerprint density at radius 2 is 2.08 bits per heavy atom. The van der Waals surface area contributed by atoms with E-state index in [-0.39, 0.29) is 12.4 Å². The molecular weight excluding hydrogens is 318 g/mol. The van der Waals surface area contributed by atoms with E-state index in [1.807, 2.05) is 18.5 Å². The highest BCUT2D eigenvalue weighted by Gasteiger charge is 2.07. The quantitative estimate of drug-likeness (QED) is 0.469. The van der Waals surface area contributed by atoms with Crippen molar-refractivity contribution in [1.29, 1.82) is 0 Å². The summed E-state index contributed by atoms with van der Waals surface area (Å²) < 4.78 is 33.3. The van der Waals surface area contributed by atoms with Crippen LogP contribution in [0.1, 0.15) is 11.6 Å². The molecule has 9 heteroatoms. The number of hydrogen-bond donors (Lipinski definition) is 2.